The number of nitrogens with one attached hydrogen (secondary N) is 2. The van der Waals surface area contributed by atoms with Crippen LogP contribution in [0.1, 0.15) is 32.6 Å². The Morgan fingerprint density at radius 2 is 2.00 bits per heavy atom. The average molecular weight is 243 g/mol. The molecule has 0 amide bonds. The average Bonchev–Trinajstić information content (AvgIpc) is 2.29. The van der Waals surface area contributed by atoms with E-state index in [0.29, 0.717) is 0 Å². The van der Waals surface area contributed by atoms with E-state index in [9.17, 15) is 0 Å². The normalized spacial score (nSPS) is 18.4. The molecule has 0 spiro atoms. The van der Waals surface area contributed by atoms with Gasteiger partial charge in [-0.25, -0.2) is 0 Å². The fraction of sp³-hybridized carbons (Fsp3) is 0.917. The lowest BCUT2D eigenvalue weighted by Crippen LogP contribution is -2.41. The smallest absolute Gasteiger partial charge is 0.166 e. The van der Waals surface area contributed by atoms with Crippen LogP contribution in [-0.4, -0.2) is 43.2 Å². The number of thiocarbonyl (C=S) groups is 1. The van der Waals surface area contributed by atoms with Gasteiger partial charge in [0.05, 0.1) is 0 Å². The van der Waals surface area contributed by atoms with Crippen molar-refractivity contribution in [3.8, 4) is 0 Å². The first kappa shape index (κ1) is 13.7. The molecule has 16 heavy (non-hydrogen) atoms. The summed E-state index contributed by atoms with van der Waals surface area (Å²) in [7, 11) is 2.20. The van der Waals surface area contributed by atoms with Crippen LogP contribution < -0.4 is 10.6 Å². The number of rotatable bonds is 5. The minimum Gasteiger partial charge on any atom is -0.363 e. The summed E-state index contributed by atoms with van der Waals surface area (Å²) in [5.41, 5.74) is 0. The van der Waals surface area contributed by atoms with Crippen molar-refractivity contribution >= 4 is 17.3 Å². The molecular weight excluding hydrogens is 218 g/mol. The second-order valence-corrected chi connectivity index (χ2v) is 5.15. The van der Waals surface area contributed by atoms with E-state index in [0.717, 1.165) is 24.1 Å². The molecule has 3 nitrogen and oxygen atoms in total. The van der Waals surface area contributed by atoms with Crippen LogP contribution in [-0.2, 0) is 0 Å². The minimum absolute atomic E-state index is 0.794. The fourth-order valence-corrected chi connectivity index (χ4v) is 2.13. The van der Waals surface area contributed by atoms with Gasteiger partial charge in [-0.05, 0) is 57.5 Å². The molecule has 1 rings (SSSR count). The molecule has 1 heterocycles. The molecule has 0 bridgehead atoms. The van der Waals surface area contributed by atoms with Crippen LogP contribution in [0.25, 0.3) is 0 Å². The van der Waals surface area contributed by atoms with E-state index in [-0.39, 0.29) is 0 Å². The quantitative estimate of drug-likeness (QED) is 0.566. The van der Waals surface area contributed by atoms with Gasteiger partial charge in [-0.15, -0.1) is 0 Å². The number of likely N-dealkylation sites (tertiary alicyclic amines) is 1. The molecule has 2 N–H and O–H groups in total. The summed E-state index contributed by atoms with van der Waals surface area (Å²) in [4.78, 5) is 2.40. The minimum atomic E-state index is 0.794. The second kappa shape index (κ2) is 7.85. The van der Waals surface area contributed by atoms with Crippen molar-refractivity contribution in [2.75, 3.05) is 33.2 Å². The third-order valence-electron chi connectivity index (χ3n) is 3.21. The molecule has 0 radical (unpaired) electrons. The standard InChI is InChI=1S/C12H25N3S/c1-3-4-7-13-12(16)14-10-11-5-8-15(2)9-6-11/h11H,3-10H2,1-2H3,(H2,13,14,16). The highest BCUT2D eigenvalue weighted by atomic mass is 32.1. The van der Waals surface area contributed by atoms with Crippen molar-refractivity contribution in [1.29, 1.82) is 0 Å². The van der Waals surface area contributed by atoms with Crippen LogP contribution in [0, 0.1) is 5.92 Å². The molecule has 0 saturated carbocycles. The van der Waals surface area contributed by atoms with Gasteiger partial charge in [0.2, 0.25) is 0 Å². The lowest BCUT2D eigenvalue weighted by atomic mass is 9.97. The molecule has 1 fully saturated rings. The van der Waals surface area contributed by atoms with E-state index in [1.165, 1.54) is 38.8 Å². The maximum atomic E-state index is 5.23. The molecule has 0 aromatic rings. The molecule has 94 valence electrons. The van der Waals surface area contributed by atoms with Gasteiger partial charge in [0.25, 0.3) is 0 Å². The Bertz CT molecular complexity index is 200. The third-order valence-corrected chi connectivity index (χ3v) is 3.49. The number of piperidine rings is 1. The molecule has 0 aromatic carbocycles. The summed E-state index contributed by atoms with van der Waals surface area (Å²) in [6.07, 6.45) is 4.99. The summed E-state index contributed by atoms with van der Waals surface area (Å²) in [5.74, 6) is 0.794. The van der Waals surface area contributed by atoms with E-state index in [1.54, 1.807) is 0 Å². The van der Waals surface area contributed by atoms with Gasteiger partial charge in [0, 0.05) is 13.1 Å². The highest BCUT2D eigenvalue weighted by Crippen LogP contribution is 2.14. The van der Waals surface area contributed by atoms with Crippen LogP contribution in [0.5, 0.6) is 0 Å². The van der Waals surface area contributed by atoms with E-state index in [2.05, 4.69) is 29.5 Å². The fourth-order valence-electron chi connectivity index (χ4n) is 1.94. The Balaban J connectivity index is 2.03. The maximum Gasteiger partial charge on any atom is 0.166 e. The predicted molar refractivity (Wildman–Crippen MR) is 73.7 cm³/mol. The van der Waals surface area contributed by atoms with Crippen molar-refractivity contribution < 1.29 is 0 Å². The van der Waals surface area contributed by atoms with Crippen molar-refractivity contribution in [3.63, 3.8) is 0 Å². The van der Waals surface area contributed by atoms with Gasteiger partial charge >= 0.3 is 0 Å². The van der Waals surface area contributed by atoms with E-state index in [1.807, 2.05) is 0 Å². The monoisotopic (exact) mass is 243 g/mol. The van der Waals surface area contributed by atoms with Gasteiger partial charge < -0.3 is 15.5 Å². The highest BCUT2D eigenvalue weighted by Gasteiger charge is 2.16. The topological polar surface area (TPSA) is 27.3 Å². The second-order valence-electron chi connectivity index (χ2n) is 4.74. The molecule has 0 unspecified atom stereocenters. The number of unbranched alkanes of at least 4 members (excludes halogenated alkanes) is 1. The zero-order chi connectivity index (χ0) is 11.8. The van der Waals surface area contributed by atoms with E-state index >= 15 is 0 Å². The highest BCUT2D eigenvalue weighted by molar-refractivity contribution is 7.80. The summed E-state index contributed by atoms with van der Waals surface area (Å²) in [6, 6.07) is 0. The number of hydrogen-bond donors (Lipinski definition) is 2. The van der Waals surface area contributed by atoms with Crippen molar-refractivity contribution in [1.82, 2.24) is 15.5 Å². The molecule has 1 aliphatic heterocycles. The molecular formula is C12H25N3S. The van der Waals surface area contributed by atoms with Gasteiger partial charge in [-0.2, -0.15) is 0 Å². The first-order chi connectivity index (χ1) is 7.72. The number of hydrogen-bond acceptors (Lipinski definition) is 2. The summed E-state index contributed by atoms with van der Waals surface area (Å²) in [6.45, 7) is 6.67. The Morgan fingerprint density at radius 3 is 2.62 bits per heavy atom. The molecule has 1 aliphatic rings. The van der Waals surface area contributed by atoms with Crippen LogP contribution >= 0.6 is 12.2 Å². The molecule has 4 heteroatoms. The summed E-state index contributed by atoms with van der Waals surface area (Å²) in [5, 5.41) is 7.40. The van der Waals surface area contributed by atoms with Crippen molar-refractivity contribution in [2.45, 2.75) is 32.6 Å². The van der Waals surface area contributed by atoms with Gasteiger partial charge in [-0.1, -0.05) is 13.3 Å². The Hall–Kier alpha value is -0.350. The third kappa shape index (κ3) is 5.66. The first-order valence-electron chi connectivity index (χ1n) is 6.42. The summed E-state index contributed by atoms with van der Waals surface area (Å²) >= 11 is 5.23. The van der Waals surface area contributed by atoms with Crippen LogP contribution in [0.3, 0.4) is 0 Å². The lowest BCUT2D eigenvalue weighted by Gasteiger charge is -2.29. The Labute approximate surface area is 105 Å². The largest absolute Gasteiger partial charge is 0.363 e. The van der Waals surface area contributed by atoms with Gasteiger partial charge in [-0.3, -0.25) is 0 Å². The van der Waals surface area contributed by atoms with Gasteiger partial charge in [0.15, 0.2) is 5.11 Å². The zero-order valence-corrected chi connectivity index (χ0v) is 11.4. The number of nitrogens with zero attached hydrogens (tertiary/aromatic N) is 1. The molecule has 0 aromatic heterocycles. The van der Waals surface area contributed by atoms with Crippen LogP contribution in [0.15, 0.2) is 0 Å². The molecule has 0 aliphatic carbocycles. The predicted octanol–water partition coefficient (Wildman–Crippen LogP) is 1.59. The van der Waals surface area contributed by atoms with Crippen LogP contribution in [0.4, 0.5) is 0 Å². The molecule has 0 atom stereocenters. The Kier molecular flexibility index (Phi) is 6.73. The van der Waals surface area contributed by atoms with E-state index < -0.39 is 0 Å². The van der Waals surface area contributed by atoms with Gasteiger partial charge in [0.1, 0.15) is 0 Å². The molecule has 1 saturated heterocycles. The van der Waals surface area contributed by atoms with Crippen molar-refractivity contribution in [3.05, 3.63) is 0 Å². The van der Waals surface area contributed by atoms with Crippen molar-refractivity contribution in [2.24, 2.45) is 5.92 Å². The van der Waals surface area contributed by atoms with Crippen LogP contribution in [0.2, 0.25) is 0 Å². The zero-order valence-electron chi connectivity index (χ0n) is 10.6. The summed E-state index contributed by atoms with van der Waals surface area (Å²) < 4.78 is 0. The first-order valence-corrected chi connectivity index (χ1v) is 6.83. The van der Waals surface area contributed by atoms with E-state index in [4.69, 9.17) is 12.2 Å². The maximum absolute atomic E-state index is 5.23. The Morgan fingerprint density at radius 1 is 1.31 bits per heavy atom. The lowest BCUT2D eigenvalue weighted by molar-refractivity contribution is 0.220. The SMILES string of the molecule is CCCCNC(=S)NCC1CCN(C)CC1.